The Balaban J connectivity index is 2.03. The SMILES string of the molecule is CC1(C)[C@H](CN)[C@H]1c1ccc2ccccc2c1. The van der Waals surface area contributed by atoms with Crippen molar-refractivity contribution < 1.29 is 0 Å². The van der Waals surface area contributed by atoms with E-state index in [4.69, 9.17) is 5.73 Å². The van der Waals surface area contributed by atoms with Crippen molar-refractivity contribution in [3.8, 4) is 0 Å². The number of nitrogens with two attached hydrogens (primary N) is 1. The van der Waals surface area contributed by atoms with E-state index in [2.05, 4.69) is 56.3 Å². The molecule has 2 N–H and O–H groups in total. The largest absolute Gasteiger partial charge is 0.330 e. The standard InChI is InChI=1S/C16H19N/c1-16(2)14(10-17)15(16)13-8-7-11-5-3-4-6-12(11)9-13/h3-9,14-15H,10,17H2,1-2H3/t14-,15-/m1/s1. The molecule has 1 fully saturated rings. The molecule has 88 valence electrons. The van der Waals surface area contributed by atoms with Gasteiger partial charge in [0.2, 0.25) is 0 Å². The Labute approximate surface area is 103 Å². The topological polar surface area (TPSA) is 26.0 Å². The van der Waals surface area contributed by atoms with Crippen LogP contribution in [0, 0.1) is 11.3 Å². The molecule has 0 unspecified atom stereocenters. The highest BCUT2D eigenvalue weighted by Gasteiger charge is 2.57. The average Bonchev–Trinajstić information content (AvgIpc) is 2.90. The first-order valence-corrected chi connectivity index (χ1v) is 6.33. The minimum Gasteiger partial charge on any atom is -0.330 e. The van der Waals surface area contributed by atoms with Crippen LogP contribution in [0.25, 0.3) is 10.8 Å². The quantitative estimate of drug-likeness (QED) is 0.831. The fourth-order valence-electron chi connectivity index (χ4n) is 3.25. The van der Waals surface area contributed by atoms with Gasteiger partial charge in [-0.25, -0.2) is 0 Å². The van der Waals surface area contributed by atoms with Crippen LogP contribution in [0.4, 0.5) is 0 Å². The molecule has 1 heteroatoms. The van der Waals surface area contributed by atoms with Gasteiger partial charge in [0.1, 0.15) is 0 Å². The van der Waals surface area contributed by atoms with Gasteiger partial charge in [-0.2, -0.15) is 0 Å². The predicted octanol–water partition coefficient (Wildman–Crippen LogP) is 3.54. The maximum Gasteiger partial charge on any atom is -0.00375 e. The molecule has 1 saturated carbocycles. The zero-order valence-electron chi connectivity index (χ0n) is 10.5. The van der Waals surface area contributed by atoms with E-state index in [1.54, 1.807) is 0 Å². The molecule has 0 bridgehead atoms. The Morgan fingerprint density at radius 3 is 2.41 bits per heavy atom. The van der Waals surface area contributed by atoms with Gasteiger partial charge >= 0.3 is 0 Å². The van der Waals surface area contributed by atoms with E-state index in [-0.39, 0.29) is 0 Å². The fraction of sp³-hybridized carbons (Fsp3) is 0.375. The molecule has 0 aromatic heterocycles. The van der Waals surface area contributed by atoms with Crippen LogP contribution in [-0.4, -0.2) is 6.54 Å². The number of fused-ring (bicyclic) bond motifs is 1. The molecular weight excluding hydrogens is 206 g/mol. The van der Waals surface area contributed by atoms with Gasteiger partial charge in [-0.1, -0.05) is 56.3 Å². The zero-order chi connectivity index (χ0) is 12.0. The van der Waals surface area contributed by atoms with E-state index in [1.165, 1.54) is 16.3 Å². The predicted molar refractivity (Wildman–Crippen MR) is 73.0 cm³/mol. The number of rotatable bonds is 2. The first-order chi connectivity index (χ1) is 8.14. The summed E-state index contributed by atoms with van der Waals surface area (Å²) >= 11 is 0. The van der Waals surface area contributed by atoms with E-state index < -0.39 is 0 Å². The molecule has 2 aromatic rings. The summed E-state index contributed by atoms with van der Waals surface area (Å²) in [5.41, 5.74) is 7.67. The van der Waals surface area contributed by atoms with Crippen molar-refractivity contribution in [2.24, 2.45) is 17.1 Å². The number of benzene rings is 2. The first-order valence-electron chi connectivity index (χ1n) is 6.33. The summed E-state index contributed by atoms with van der Waals surface area (Å²) in [5, 5.41) is 2.66. The molecule has 3 rings (SSSR count). The lowest BCUT2D eigenvalue weighted by atomic mass is 10.00. The first kappa shape index (κ1) is 10.8. The lowest BCUT2D eigenvalue weighted by molar-refractivity contribution is 0.558. The van der Waals surface area contributed by atoms with Crippen LogP contribution >= 0.6 is 0 Å². The highest BCUT2D eigenvalue weighted by molar-refractivity contribution is 5.83. The molecule has 0 heterocycles. The van der Waals surface area contributed by atoms with Crippen molar-refractivity contribution >= 4 is 10.8 Å². The van der Waals surface area contributed by atoms with Crippen LogP contribution in [0.1, 0.15) is 25.3 Å². The summed E-state index contributed by atoms with van der Waals surface area (Å²) < 4.78 is 0. The normalized spacial score (nSPS) is 26.1. The number of hydrogen-bond acceptors (Lipinski definition) is 1. The van der Waals surface area contributed by atoms with Gasteiger partial charge in [0.15, 0.2) is 0 Å². The summed E-state index contributed by atoms with van der Waals surface area (Å²) in [7, 11) is 0. The van der Waals surface area contributed by atoms with Crippen molar-refractivity contribution in [2.45, 2.75) is 19.8 Å². The Bertz CT molecular complexity index is 556. The molecule has 0 aliphatic heterocycles. The number of hydrogen-bond donors (Lipinski definition) is 1. The Kier molecular flexibility index (Phi) is 2.27. The van der Waals surface area contributed by atoms with Gasteiger partial charge < -0.3 is 5.73 Å². The summed E-state index contributed by atoms with van der Waals surface area (Å²) in [4.78, 5) is 0. The molecule has 2 atom stereocenters. The van der Waals surface area contributed by atoms with E-state index in [9.17, 15) is 0 Å². The lowest BCUT2D eigenvalue weighted by Gasteiger charge is -2.05. The van der Waals surface area contributed by atoms with Crippen LogP contribution in [0.2, 0.25) is 0 Å². The van der Waals surface area contributed by atoms with Crippen molar-refractivity contribution in [3.63, 3.8) is 0 Å². The molecule has 0 amide bonds. The average molecular weight is 225 g/mol. The van der Waals surface area contributed by atoms with E-state index in [0.29, 0.717) is 17.3 Å². The van der Waals surface area contributed by atoms with Crippen LogP contribution in [-0.2, 0) is 0 Å². The maximum atomic E-state index is 5.85. The van der Waals surface area contributed by atoms with Crippen molar-refractivity contribution in [1.82, 2.24) is 0 Å². The molecule has 17 heavy (non-hydrogen) atoms. The highest BCUT2D eigenvalue weighted by atomic mass is 14.7. The summed E-state index contributed by atoms with van der Waals surface area (Å²) in [6.45, 7) is 5.44. The molecule has 1 aliphatic carbocycles. The second kappa shape index (κ2) is 3.58. The van der Waals surface area contributed by atoms with Gasteiger partial charge in [0, 0.05) is 0 Å². The Morgan fingerprint density at radius 2 is 1.76 bits per heavy atom. The van der Waals surface area contributed by atoms with Crippen molar-refractivity contribution in [1.29, 1.82) is 0 Å². The third kappa shape index (κ3) is 1.57. The van der Waals surface area contributed by atoms with Crippen LogP contribution in [0.15, 0.2) is 42.5 Å². The molecule has 2 aromatic carbocycles. The summed E-state index contributed by atoms with van der Waals surface area (Å²) in [5.74, 6) is 1.28. The van der Waals surface area contributed by atoms with Gasteiger partial charge in [-0.15, -0.1) is 0 Å². The molecule has 1 nitrogen and oxygen atoms in total. The van der Waals surface area contributed by atoms with E-state index >= 15 is 0 Å². The van der Waals surface area contributed by atoms with Gasteiger partial charge in [-0.05, 0) is 40.1 Å². The summed E-state index contributed by atoms with van der Waals surface area (Å²) in [6.07, 6.45) is 0. The Morgan fingerprint density at radius 1 is 1.06 bits per heavy atom. The van der Waals surface area contributed by atoms with Gasteiger partial charge in [-0.3, -0.25) is 0 Å². The minimum atomic E-state index is 0.372. The molecule has 0 saturated heterocycles. The minimum absolute atomic E-state index is 0.372. The maximum absolute atomic E-state index is 5.85. The molecule has 0 spiro atoms. The second-order valence-electron chi connectivity index (χ2n) is 5.75. The molecular formula is C16H19N. The van der Waals surface area contributed by atoms with Crippen molar-refractivity contribution in [2.75, 3.05) is 6.54 Å². The Hall–Kier alpha value is -1.34. The van der Waals surface area contributed by atoms with Crippen LogP contribution in [0.5, 0.6) is 0 Å². The monoisotopic (exact) mass is 225 g/mol. The third-order valence-electron chi connectivity index (χ3n) is 4.44. The van der Waals surface area contributed by atoms with Gasteiger partial charge in [0.05, 0.1) is 0 Å². The van der Waals surface area contributed by atoms with E-state index in [0.717, 1.165) is 6.54 Å². The van der Waals surface area contributed by atoms with Gasteiger partial charge in [0.25, 0.3) is 0 Å². The summed E-state index contributed by atoms with van der Waals surface area (Å²) in [6, 6.07) is 15.4. The van der Waals surface area contributed by atoms with Crippen LogP contribution in [0.3, 0.4) is 0 Å². The van der Waals surface area contributed by atoms with Crippen LogP contribution < -0.4 is 5.73 Å². The fourth-order valence-corrected chi connectivity index (χ4v) is 3.25. The molecule has 0 radical (unpaired) electrons. The van der Waals surface area contributed by atoms with Crippen molar-refractivity contribution in [3.05, 3.63) is 48.0 Å². The lowest BCUT2D eigenvalue weighted by Crippen LogP contribution is -2.05. The highest BCUT2D eigenvalue weighted by Crippen LogP contribution is 2.63. The zero-order valence-corrected chi connectivity index (χ0v) is 10.5. The third-order valence-corrected chi connectivity index (χ3v) is 4.44. The smallest absolute Gasteiger partial charge is 0.00375 e. The second-order valence-corrected chi connectivity index (χ2v) is 5.75. The van der Waals surface area contributed by atoms with E-state index in [1.807, 2.05) is 0 Å². The molecule has 1 aliphatic rings.